The van der Waals surface area contributed by atoms with Crippen molar-refractivity contribution in [3.63, 3.8) is 0 Å². The molecule has 2 aromatic heterocycles. The fraction of sp³-hybridized carbons (Fsp3) is 0.231. The Morgan fingerprint density at radius 1 is 1.17 bits per heavy atom. The van der Waals surface area contributed by atoms with Crippen molar-refractivity contribution >= 4 is 45.4 Å². The predicted octanol–water partition coefficient (Wildman–Crippen LogP) is 4.29. The summed E-state index contributed by atoms with van der Waals surface area (Å²) in [7, 11) is 0. The number of aromatic hydroxyl groups is 2. The Hall–Kier alpha value is -3.63. The van der Waals surface area contributed by atoms with Crippen LogP contribution in [0.3, 0.4) is 0 Å². The highest BCUT2D eigenvalue weighted by atomic mass is 32.2. The largest absolute Gasteiger partial charge is 0.504 e. The molecule has 1 aliphatic carbocycles. The van der Waals surface area contributed by atoms with Gasteiger partial charge in [-0.3, -0.25) is 14.2 Å². The SMILES string of the molecule is Cc1ccc(-n2c(SCC(=O)N/N=C\c3ccc(O)c(O)c3)nc3sc4c(c3c2=O)CCCC4)cc1. The van der Waals surface area contributed by atoms with Crippen molar-refractivity contribution in [2.24, 2.45) is 5.10 Å². The summed E-state index contributed by atoms with van der Waals surface area (Å²) in [4.78, 5) is 33.0. The molecule has 0 atom stereocenters. The summed E-state index contributed by atoms with van der Waals surface area (Å²) in [5.74, 6) is -0.864. The second-order valence-corrected chi connectivity index (χ2v) is 10.6. The Morgan fingerprint density at radius 2 is 1.94 bits per heavy atom. The highest BCUT2D eigenvalue weighted by molar-refractivity contribution is 7.99. The van der Waals surface area contributed by atoms with Crippen LogP contribution in [-0.2, 0) is 17.6 Å². The number of aromatic nitrogens is 2. The molecule has 1 aliphatic rings. The van der Waals surface area contributed by atoms with Gasteiger partial charge in [0.15, 0.2) is 16.7 Å². The van der Waals surface area contributed by atoms with Crippen LogP contribution < -0.4 is 11.0 Å². The van der Waals surface area contributed by atoms with Crippen LogP contribution in [0.25, 0.3) is 15.9 Å². The van der Waals surface area contributed by atoms with Gasteiger partial charge < -0.3 is 10.2 Å². The number of aryl methyl sites for hydroxylation is 3. The number of rotatable bonds is 6. The molecule has 5 rings (SSSR count). The van der Waals surface area contributed by atoms with E-state index in [2.05, 4.69) is 10.5 Å². The molecule has 0 fully saturated rings. The zero-order chi connectivity index (χ0) is 25.2. The van der Waals surface area contributed by atoms with Gasteiger partial charge >= 0.3 is 0 Å². The number of carbonyl (C=O) groups is 1. The molecule has 2 heterocycles. The molecule has 0 unspecified atom stereocenters. The van der Waals surface area contributed by atoms with E-state index in [4.69, 9.17) is 4.98 Å². The van der Waals surface area contributed by atoms with E-state index in [1.807, 2.05) is 31.2 Å². The van der Waals surface area contributed by atoms with E-state index in [9.17, 15) is 19.8 Å². The molecule has 0 aliphatic heterocycles. The average Bonchev–Trinajstić information content (AvgIpc) is 3.24. The van der Waals surface area contributed by atoms with Crippen molar-refractivity contribution in [1.82, 2.24) is 15.0 Å². The number of thioether (sulfide) groups is 1. The Bertz CT molecular complexity index is 1540. The maximum Gasteiger partial charge on any atom is 0.267 e. The van der Waals surface area contributed by atoms with Crippen molar-refractivity contribution in [3.05, 3.63) is 74.4 Å². The molecule has 0 spiro atoms. The van der Waals surface area contributed by atoms with E-state index in [0.717, 1.165) is 41.6 Å². The van der Waals surface area contributed by atoms with E-state index in [-0.39, 0.29) is 28.7 Å². The van der Waals surface area contributed by atoms with Crippen LogP contribution in [-0.4, -0.2) is 37.6 Å². The van der Waals surface area contributed by atoms with Gasteiger partial charge in [0.05, 0.1) is 23.0 Å². The third-order valence-corrected chi connectivity index (χ3v) is 8.11. The number of fused-ring (bicyclic) bond motifs is 3. The molecule has 0 bridgehead atoms. The third kappa shape index (κ3) is 4.87. The number of hydrogen-bond acceptors (Lipinski definition) is 8. The van der Waals surface area contributed by atoms with Gasteiger partial charge in [-0.2, -0.15) is 5.10 Å². The summed E-state index contributed by atoms with van der Waals surface area (Å²) in [6, 6.07) is 11.9. The summed E-state index contributed by atoms with van der Waals surface area (Å²) >= 11 is 2.76. The predicted molar refractivity (Wildman–Crippen MR) is 143 cm³/mol. The molecular weight excluding hydrogens is 496 g/mol. The zero-order valence-corrected chi connectivity index (χ0v) is 21.2. The van der Waals surface area contributed by atoms with Gasteiger partial charge in [0.25, 0.3) is 11.5 Å². The number of thiophene rings is 1. The zero-order valence-electron chi connectivity index (χ0n) is 19.5. The van der Waals surface area contributed by atoms with Crippen LogP contribution in [0.15, 0.2) is 57.5 Å². The van der Waals surface area contributed by atoms with Gasteiger partial charge in [0.1, 0.15) is 4.83 Å². The number of hydrazone groups is 1. The van der Waals surface area contributed by atoms with Crippen LogP contribution >= 0.6 is 23.1 Å². The third-order valence-electron chi connectivity index (χ3n) is 5.99. The van der Waals surface area contributed by atoms with Crippen molar-refractivity contribution in [3.8, 4) is 17.2 Å². The first-order valence-electron chi connectivity index (χ1n) is 11.5. The summed E-state index contributed by atoms with van der Waals surface area (Å²) in [5.41, 5.74) is 5.79. The molecule has 0 saturated heterocycles. The number of phenolic OH excluding ortho intramolecular Hbond substituents is 2. The molecule has 0 saturated carbocycles. The number of hydrogen-bond donors (Lipinski definition) is 3. The summed E-state index contributed by atoms with van der Waals surface area (Å²) in [5, 5.41) is 24.0. The number of benzene rings is 2. The molecule has 0 radical (unpaired) electrons. The Labute approximate surface area is 215 Å². The molecule has 3 N–H and O–H groups in total. The molecule has 8 nitrogen and oxygen atoms in total. The van der Waals surface area contributed by atoms with Crippen molar-refractivity contribution < 1.29 is 15.0 Å². The van der Waals surface area contributed by atoms with Crippen LogP contribution in [0.5, 0.6) is 11.5 Å². The minimum atomic E-state index is -0.366. The van der Waals surface area contributed by atoms with Gasteiger partial charge in [0, 0.05) is 4.88 Å². The molecule has 36 heavy (non-hydrogen) atoms. The monoisotopic (exact) mass is 520 g/mol. The normalized spacial score (nSPS) is 13.2. The smallest absolute Gasteiger partial charge is 0.267 e. The topological polar surface area (TPSA) is 117 Å². The fourth-order valence-corrected chi connectivity index (χ4v) is 6.27. The molecule has 2 aromatic carbocycles. The van der Waals surface area contributed by atoms with Crippen LogP contribution in [0.4, 0.5) is 0 Å². The Balaban J connectivity index is 1.41. The van der Waals surface area contributed by atoms with Gasteiger partial charge in [-0.1, -0.05) is 29.5 Å². The first-order valence-corrected chi connectivity index (χ1v) is 13.3. The molecule has 184 valence electrons. The van der Waals surface area contributed by atoms with Crippen LogP contribution in [0.2, 0.25) is 0 Å². The van der Waals surface area contributed by atoms with Gasteiger partial charge in [-0.15, -0.1) is 11.3 Å². The first kappa shape index (κ1) is 24.1. The summed E-state index contributed by atoms with van der Waals surface area (Å²) in [6.45, 7) is 1.99. The van der Waals surface area contributed by atoms with E-state index in [0.29, 0.717) is 21.8 Å². The van der Waals surface area contributed by atoms with Crippen LogP contribution in [0.1, 0.15) is 34.4 Å². The first-order chi connectivity index (χ1) is 17.4. The minimum Gasteiger partial charge on any atom is -0.504 e. The number of carbonyl (C=O) groups excluding carboxylic acids is 1. The van der Waals surface area contributed by atoms with E-state index >= 15 is 0 Å². The lowest BCUT2D eigenvalue weighted by atomic mass is 9.97. The number of nitrogens with zero attached hydrogens (tertiary/aromatic N) is 3. The molecule has 4 aromatic rings. The van der Waals surface area contributed by atoms with Gasteiger partial charge in [-0.25, -0.2) is 10.4 Å². The Kier molecular flexibility index (Phi) is 6.80. The van der Waals surface area contributed by atoms with Gasteiger partial charge in [0.2, 0.25) is 0 Å². The van der Waals surface area contributed by atoms with Crippen molar-refractivity contribution in [2.75, 3.05) is 5.75 Å². The fourth-order valence-electron chi connectivity index (χ4n) is 4.17. The van der Waals surface area contributed by atoms with Crippen molar-refractivity contribution in [1.29, 1.82) is 0 Å². The maximum absolute atomic E-state index is 13.7. The van der Waals surface area contributed by atoms with Crippen molar-refractivity contribution in [2.45, 2.75) is 37.8 Å². The lowest BCUT2D eigenvalue weighted by molar-refractivity contribution is -0.118. The molecule has 10 heteroatoms. The highest BCUT2D eigenvalue weighted by Crippen LogP contribution is 2.35. The minimum absolute atomic E-state index is 0.00701. The highest BCUT2D eigenvalue weighted by Gasteiger charge is 2.23. The Morgan fingerprint density at radius 3 is 2.72 bits per heavy atom. The van der Waals surface area contributed by atoms with Crippen LogP contribution in [0, 0.1) is 6.92 Å². The van der Waals surface area contributed by atoms with E-state index in [1.165, 1.54) is 35.0 Å². The van der Waals surface area contributed by atoms with E-state index in [1.54, 1.807) is 22.0 Å². The standard InChI is InChI=1S/C26H24N4O4S2/c1-15-6-9-17(10-7-15)30-25(34)23-18-4-2-3-5-21(18)36-24(23)28-26(30)35-14-22(33)29-27-13-16-8-11-19(31)20(32)12-16/h6-13,31-32H,2-5,14H2,1H3,(H,29,33)/b27-13-. The lowest BCUT2D eigenvalue weighted by Crippen LogP contribution is -2.24. The lowest BCUT2D eigenvalue weighted by Gasteiger charge is -2.13. The second kappa shape index (κ2) is 10.2. The molecule has 1 amide bonds. The number of phenols is 2. The second-order valence-electron chi connectivity index (χ2n) is 8.59. The quantitative estimate of drug-likeness (QED) is 0.115. The molecular formula is C26H24N4O4S2. The summed E-state index contributed by atoms with van der Waals surface area (Å²) < 4.78 is 1.60. The maximum atomic E-state index is 13.7. The summed E-state index contributed by atoms with van der Waals surface area (Å²) in [6.07, 6.45) is 5.43. The number of amides is 1. The van der Waals surface area contributed by atoms with Gasteiger partial charge in [-0.05, 0) is 74.1 Å². The number of nitrogens with one attached hydrogen (secondary N) is 1. The van der Waals surface area contributed by atoms with E-state index < -0.39 is 0 Å². The average molecular weight is 521 g/mol.